The van der Waals surface area contributed by atoms with Crippen LogP contribution in [0.4, 0.5) is 0 Å². The summed E-state index contributed by atoms with van der Waals surface area (Å²) in [6, 6.07) is 0. The lowest BCUT2D eigenvalue weighted by Gasteiger charge is -2.11. The number of carbonyl (C=O) groups excluding carboxylic acids is 2. The molecule has 0 aromatic carbocycles. The zero-order valence-electron chi connectivity index (χ0n) is 4.50. The maximum absolute atomic E-state index is 10.4. The number of hydroxylamine groups is 2. The first-order valence-electron chi connectivity index (χ1n) is 2.34. The van der Waals surface area contributed by atoms with E-state index in [0.717, 1.165) is 6.08 Å². The Labute approximate surface area is 51.3 Å². The molecule has 4 heteroatoms. The highest BCUT2D eigenvalue weighted by Crippen LogP contribution is 1.99. The van der Waals surface area contributed by atoms with Gasteiger partial charge in [-0.25, -0.2) is 0 Å². The number of nitrogens with zero attached hydrogens (tertiary/aromatic N) is 1. The van der Waals surface area contributed by atoms with Crippen LogP contribution in [0.15, 0.2) is 6.08 Å². The number of hydrogen-bond acceptors (Lipinski definition) is 3. The summed E-state index contributed by atoms with van der Waals surface area (Å²) in [5.74, 6) is -1.37. The van der Waals surface area contributed by atoms with Gasteiger partial charge in [-0.1, -0.05) is 0 Å². The van der Waals surface area contributed by atoms with Crippen LogP contribution in [0.5, 0.6) is 0 Å². The molecule has 2 amide bonds. The lowest BCUT2D eigenvalue weighted by atomic mass is 10.3. The number of hydrogen-bond donors (Lipinski definition) is 1. The molecule has 1 N–H and O–H groups in total. The molecule has 1 aliphatic heterocycles. The van der Waals surface area contributed by atoms with Crippen LogP contribution in [0.25, 0.3) is 0 Å². The average Bonchev–Trinajstić information content (AvgIpc) is 1.83. The average molecular weight is 126 g/mol. The number of rotatable bonds is 0. The Balaban J connectivity index is 2.81. The van der Waals surface area contributed by atoms with Gasteiger partial charge in [-0.15, -0.1) is 0 Å². The van der Waals surface area contributed by atoms with Gasteiger partial charge in [0.2, 0.25) is 0 Å². The molecule has 0 unspecified atom stereocenters. The van der Waals surface area contributed by atoms with Crippen molar-refractivity contribution in [3.05, 3.63) is 12.2 Å². The quantitative estimate of drug-likeness (QED) is 0.351. The van der Waals surface area contributed by atoms with Gasteiger partial charge in [-0.05, 0) is 6.08 Å². The molecule has 0 spiro atoms. The highest BCUT2D eigenvalue weighted by molar-refractivity contribution is 6.01. The first-order valence-corrected chi connectivity index (χ1v) is 2.34. The summed E-state index contributed by atoms with van der Waals surface area (Å²) in [5.41, 5.74) is 0. The van der Waals surface area contributed by atoms with E-state index in [0.29, 0.717) is 0 Å². The van der Waals surface area contributed by atoms with Crippen LogP contribution >= 0.6 is 0 Å². The minimum Gasteiger partial charge on any atom is -0.278 e. The molecule has 0 aromatic rings. The van der Waals surface area contributed by atoms with E-state index >= 15 is 0 Å². The van der Waals surface area contributed by atoms with Gasteiger partial charge in [0.05, 0.1) is 6.42 Å². The summed E-state index contributed by atoms with van der Waals surface area (Å²) in [5, 5.41) is 8.59. The van der Waals surface area contributed by atoms with Crippen LogP contribution in [0.2, 0.25) is 0 Å². The van der Waals surface area contributed by atoms with E-state index < -0.39 is 11.8 Å². The van der Waals surface area contributed by atoms with Gasteiger partial charge < -0.3 is 0 Å². The number of amides is 2. The van der Waals surface area contributed by atoms with E-state index in [9.17, 15) is 9.59 Å². The lowest BCUT2D eigenvalue weighted by molar-refractivity contribution is -0.176. The molecule has 4 nitrogen and oxygen atoms in total. The molecular formula is C5H4NO3. The fourth-order valence-electron chi connectivity index (χ4n) is 0.485. The van der Waals surface area contributed by atoms with Crippen LogP contribution in [0.1, 0.15) is 6.42 Å². The molecule has 0 fully saturated rings. The first kappa shape index (κ1) is 5.97. The molecule has 9 heavy (non-hydrogen) atoms. The van der Waals surface area contributed by atoms with Gasteiger partial charge in [-0.3, -0.25) is 14.8 Å². The highest BCUT2D eigenvalue weighted by Gasteiger charge is 2.19. The summed E-state index contributed by atoms with van der Waals surface area (Å²) < 4.78 is 0. The number of carbonyl (C=O) groups is 2. The normalized spacial score (nSPS) is 19.0. The van der Waals surface area contributed by atoms with Crippen molar-refractivity contribution in [1.29, 1.82) is 0 Å². The van der Waals surface area contributed by atoms with Crippen molar-refractivity contribution in [2.75, 3.05) is 0 Å². The monoisotopic (exact) mass is 126 g/mol. The van der Waals surface area contributed by atoms with Gasteiger partial charge in [-0.2, -0.15) is 5.06 Å². The summed E-state index contributed by atoms with van der Waals surface area (Å²) in [6.07, 6.45) is 3.39. The van der Waals surface area contributed by atoms with E-state index in [1.807, 2.05) is 0 Å². The molecule has 0 aromatic heterocycles. The summed E-state index contributed by atoms with van der Waals surface area (Å²) in [7, 11) is 0. The van der Waals surface area contributed by atoms with Crippen LogP contribution in [-0.4, -0.2) is 22.1 Å². The Morgan fingerprint density at radius 3 is 2.78 bits per heavy atom. The molecule has 1 heterocycles. The largest absolute Gasteiger partial charge is 0.278 e. The zero-order valence-corrected chi connectivity index (χ0v) is 4.50. The Kier molecular flexibility index (Phi) is 1.32. The van der Waals surface area contributed by atoms with Crippen molar-refractivity contribution in [3.8, 4) is 0 Å². The van der Waals surface area contributed by atoms with Crippen LogP contribution in [-0.2, 0) is 9.59 Å². The standard InChI is InChI=1S/C5H4NO3/c7-4-2-1-3-5(8)6(4)9/h2,9H,3H2. The predicted molar refractivity (Wildman–Crippen MR) is 26.1 cm³/mol. The molecule has 1 radical (unpaired) electrons. The van der Waals surface area contributed by atoms with Crippen molar-refractivity contribution in [2.24, 2.45) is 0 Å². The van der Waals surface area contributed by atoms with Crippen molar-refractivity contribution in [3.63, 3.8) is 0 Å². The summed E-state index contributed by atoms with van der Waals surface area (Å²) in [6.45, 7) is 0. The fraction of sp³-hybridized carbons (Fsp3) is 0.200. The van der Waals surface area contributed by atoms with Crippen LogP contribution in [0.3, 0.4) is 0 Å². The Bertz CT molecular complexity index is 185. The SMILES string of the molecule is O=C1C=[C]CC(=O)N1O. The van der Waals surface area contributed by atoms with Gasteiger partial charge in [0, 0.05) is 6.08 Å². The Morgan fingerprint density at radius 1 is 1.67 bits per heavy atom. The summed E-state index contributed by atoms with van der Waals surface area (Å²) >= 11 is 0. The molecule has 0 aliphatic carbocycles. The van der Waals surface area contributed by atoms with Crippen molar-refractivity contribution >= 4 is 11.8 Å². The maximum atomic E-state index is 10.4. The molecule has 47 valence electrons. The van der Waals surface area contributed by atoms with Gasteiger partial charge in [0.1, 0.15) is 0 Å². The summed E-state index contributed by atoms with van der Waals surface area (Å²) in [4.78, 5) is 20.7. The second-order valence-corrected chi connectivity index (χ2v) is 1.57. The van der Waals surface area contributed by atoms with Crippen LogP contribution in [0, 0.1) is 6.08 Å². The van der Waals surface area contributed by atoms with E-state index in [2.05, 4.69) is 6.08 Å². The third-order valence-electron chi connectivity index (χ3n) is 0.924. The smallest absolute Gasteiger partial charge is 0.277 e. The second-order valence-electron chi connectivity index (χ2n) is 1.57. The molecule has 0 atom stereocenters. The Hall–Kier alpha value is -1.16. The van der Waals surface area contributed by atoms with E-state index in [4.69, 9.17) is 5.21 Å². The van der Waals surface area contributed by atoms with E-state index in [1.165, 1.54) is 0 Å². The van der Waals surface area contributed by atoms with Gasteiger partial charge in [0.15, 0.2) is 0 Å². The van der Waals surface area contributed by atoms with Crippen molar-refractivity contribution < 1.29 is 14.8 Å². The molecular weight excluding hydrogens is 122 g/mol. The minimum absolute atomic E-state index is 0.0256. The molecule has 0 bridgehead atoms. The zero-order chi connectivity index (χ0) is 6.85. The fourth-order valence-corrected chi connectivity index (χ4v) is 0.485. The third kappa shape index (κ3) is 0.972. The van der Waals surface area contributed by atoms with E-state index in [-0.39, 0.29) is 11.5 Å². The third-order valence-corrected chi connectivity index (χ3v) is 0.924. The first-order chi connectivity index (χ1) is 4.22. The molecule has 0 saturated heterocycles. The minimum atomic E-state index is -0.730. The van der Waals surface area contributed by atoms with Gasteiger partial charge >= 0.3 is 0 Å². The van der Waals surface area contributed by atoms with Gasteiger partial charge in [0.25, 0.3) is 11.8 Å². The molecule has 1 aliphatic rings. The van der Waals surface area contributed by atoms with Crippen molar-refractivity contribution in [2.45, 2.75) is 6.42 Å². The predicted octanol–water partition coefficient (Wildman–Crippen LogP) is -0.506. The topological polar surface area (TPSA) is 57.6 Å². The Morgan fingerprint density at radius 2 is 2.33 bits per heavy atom. The lowest BCUT2D eigenvalue weighted by Crippen LogP contribution is -2.34. The number of imide groups is 1. The van der Waals surface area contributed by atoms with Crippen molar-refractivity contribution in [1.82, 2.24) is 5.06 Å². The molecule has 1 rings (SSSR count). The second kappa shape index (κ2) is 1.99. The highest BCUT2D eigenvalue weighted by atomic mass is 16.5. The van der Waals surface area contributed by atoms with E-state index in [1.54, 1.807) is 0 Å². The maximum Gasteiger partial charge on any atom is 0.277 e. The van der Waals surface area contributed by atoms with Crippen LogP contribution < -0.4 is 0 Å². The molecule has 0 saturated carbocycles.